The second kappa shape index (κ2) is 7.24. The van der Waals surface area contributed by atoms with E-state index < -0.39 is 0 Å². The zero-order chi connectivity index (χ0) is 14.4. The Labute approximate surface area is 120 Å². The van der Waals surface area contributed by atoms with Gasteiger partial charge in [0.15, 0.2) is 0 Å². The first-order valence-electron chi connectivity index (χ1n) is 7.22. The van der Waals surface area contributed by atoms with Gasteiger partial charge in [0.05, 0.1) is 11.7 Å². The number of ether oxygens (including phenoxy) is 1. The van der Waals surface area contributed by atoms with Crippen molar-refractivity contribution >= 4 is 6.03 Å². The molecule has 2 heterocycles. The van der Waals surface area contributed by atoms with Gasteiger partial charge in [-0.2, -0.15) is 0 Å². The molecule has 20 heavy (non-hydrogen) atoms. The Balaban J connectivity index is 1.79. The molecule has 1 aromatic rings. The number of aromatic nitrogens is 1. The number of amides is 2. The van der Waals surface area contributed by atoms with E-state index in [0.717, 1.165) is 31.7 Å². The lowest BCUT2D eigenvalue weighted by atomic mass is 9.93. The van der Waals surface area contributed by atoms with E-state index in [-0.39, 0.29) is 18.1 Å². The molecule has 0 radical (unpaired) electrons. The number of carbonyl (C=O) groups is 1. The molecule has 1 fully saturated rings. The van der Waals surface area contributed by atoms with Crippen LogP contribution in [0.1, 0.15) is 38.4 Å². The van der Waals surface area contributed by atoms with Gasteiger partial charge >= 0.3 is 6.03 Å². The molecule has 5 nitrogen and oxygen atoms in total. The van der Waals surface area contributed by atoms with E-state index in [0.29, 0.717) is 5.92 Å². The molecule has 1 saturated heterocycles. The Kier molecular flexibility index (Phi) is 5.35. The van der Waals surface area contributed by atoms with E-state index in [2.05, 4.69) is 22.5 Å². The van der Waals surface area contributed by atoms with Gasteiger partial charge in [0.1, 0.15) is 0 Å². The van der Waals surface area contributed by atoms with Crippen LogP contribution in [0.3, 0.4) is 0 Å². The van der Waals surface area contributed by atoms with Gasteiger partial charge in [0.25, 0.3) is 0 Å². The summed E-state index contributed by atoms with van der Waals surface area (Å²) in [5.41, 5.74) is 0.862. The van der Waals surface area contributed by atoms with Crippen molar-refractivity contribution in [3.05, 3.63) is 30.1 Å². The summed E-state index contributed by atoms with van der Waals surface area (Å²) in [6.45, 7) is 5.58. The Morgan fingerprint density at radius 3 is 2.70 bits per heavy atom. The number of pyridine rings is 1. The van der Waals surface area contributed by atoms with Crippen LogP contribution in [-0.2, 0) is 4.74 Å². The Morgan fingerprint density at radius 2 is 2.05 bits per heavy atom. The van der Waals surface area contributed by atoms with Crippen LogP contribution < -0.4 is 10.6 Å². The molecule has 0 spiro atoms. The van der Waals surface area contributed by atoms with Gasteiger partial charge in [0.2, 0.25) is 0 Å². The lowest BCUT2D eigenvalue weighted by Gasteiger charge is -2.28. The topological polar surface area (TPSA) is 63.2 Å². The van der Waals surface area contributed by atoms with Crippen molar-refractivity contribution in [1.82, 2.24) is 15.6 Å². The summed E-state index contributed by atoms with van der Waals surface area (Å²) in [6.07, 6.45) is 3.75. The third-order valence-electron chi connectivity index (χ3n) is 3.81. The first-order valence-corrected chi connectivity index (χ1v) is 7.22. The zero-order valence-electron chi connectivity index (χ0n) is 12.1. The van der Waals surface area contributed by atoms with Gasteiger partial charge in [-0.25, -0.2) is 4.79 Å². The molecule has 110 valence electrons. The van der Waals surface area contributed by atoms with Gasteiger partial charge in [-0.3, -0.25) is 4.98 Å². The van der Waals surface area contributed by atoms with Crippen molar-refractivity contribution in [2.75, 3.05) is 13.2 Å². The molecule has 0 aliphatic carbocycles. The highest BCUT2D eigenvalue weighted by Gasteiger charge is 2.22. The highest BCUT2D eigenvalue weighted by atomic mass is 16.5. The van der Waals surface area contributed by atoms with Crippen molar-refractivity contribution in [2.24, 2.45) is 5.92 Å². The van der Waals surface area contributed by atoms with Crippen LogP contribution in [0.15, 0.2) is 24.4 Å². The standard InChI is InChI=1S/C15H23N3O2/c1-11(13-6-9-20-10-7-13)17-15(19)18-12(2)14-5-3-4-8-16-14/h3-5,8,11-13H,6-7,9-10H2,1-2H3,(H2,17,18,19)/t11-,12+/m0/s1. The number of hydrogen-bond donors (Lipinski definition) is 2. The number of urea groups is 1. The van der Waals surface area contributed by atoms with E-state index in [4.69, 9.17) is 4.74 Å². The Morgan fingerprint density at radius 1 is 1.30 bits per heavy atom. The second-order valence-corrected chi connectivity index (χ2v) is 5.33. The van der Waals surface area contributed by atoms with E-state index in [1.807, 2.05) is 25.1 Å². The maximum atomic E-state index is 12.0. The van der Waals surface area contributed by atoms with Crippen molar-refractivity contribution in [1.29, 1.82) is 0 Å². The lowest BCUT2D eigenvalue weighted by molar-refractivity contribution is 0.0570. The Bertz CT molecular complexity index is 418. The van der Waals surface area contributed by atoms with E-state index in [9.17, 15) is 4.79 Å². The average Bonchev–Trinajstić information content (AvgIpc) is 2.49. The SMILES string of the molecule is C[C@H](NC(=O)N[C@H](C)c1ccccn1)C1CCOCC1. The molecule has 0 aromatic carbocycles. The number of carbonyl (C=O) groups excluding carboxylic acids is 1. The highest BCUT2D eigenvalue weighted by Crippen LogP contribution is 2.18. The number of rotatable bonds is 4. The minimum Gasteiger partial charge on any atom is -0.381 e. The first kappa shape index (κ1) is 14.8. The molecule has 5 heteroatoms. The van der Waals surface area contributed by atoms with Crippen molar-refractivity contribution < 1.29 is 9.53 Å². The summed E-state index contributed by atoms with van der Waals surface area (Å²) in [6, 6.07) is 5.62. The summed E-state index contributed by atoms with van der Waals surface area (Å²) in [5.74, 6) is 0.500. The third kappa shape index (κ3) is 4.20. The van der Waals surface area contributed by atoms with Crippen LogP contribution >= 0.6 is 0 Å². The van der Waals surface area contributed by atoms with Crippen LogP contribution in [0.25, 0.3) is 0 Å². The van der Waals surface area contributed by atoms with E-state index in [1.165, 1.54) is 0 Å². The smallest absolute Gasteiger partial charge is 0.315 e. The van der Waals surface area contributed by atoms with Gasteiger partial charge in [-0.05, 0) is 44.7 Å². The largest absolute Gasteiger partial charge is 0.381 e. The minimum absolute atomic E-state index is 0.0990. The predicted octanol–water partition coefficient (Wildman–Crippen LogP) is 2.26. The minimum atomic E-state index is -0.137. The molecule has 2 atom stereocenters. The quantitative estimate of drug-likeness (QED) is 0.887. The van der Waals surface area contributed by atoms with Crippen LogP contribution in [0.4, 0.5) is 4.79 Å². The lowest BCUT2D eigenvalue weighted by Crippen LogP contribution is -2.46. The molecule has 2 amide bonds. The fraction of sp³-hybridized carbons (Fsp3) is 0.600. The molecular weight excluding hydrogens is 254 g/mol. The van der Waals surface area contributed by atoms with Crippen LogP contribution in [-0.4, -0.2) is 30.3 Å². The normalized spacial score (nSPS) is 19.1. The monoisotopic (exact) mass is 277 g/mol. The molecule has 0 saturated carbocycles. The maximum Gasteiger partial charge on any atom is 0.315 e. The first-order chi connectivity index (χ1) is 9.66. The average molecular weight is 277 g/mol. The summed E-state index contributed by atoms with van der Waals surface area (Å²) in [4.78, 5) is 16.2. The zero-order valence-corrected chi connectivity index (χ0v) is 12.1. The molecule has 2 N–H and O–H groups in total. The summed E-state index contributed by atoms with van der Waals surface area (Å²) < 4.78 is 5.34. The van der Waals surface area contributed by atoms with E-state index in [1.54, 1.807) is 6.20 Å². The summed E-state index contributed by atoms with van der Waals surface area (Å²) >= 11 is 0. The molecule has 2 rings (SSSR count). The van der Waals surface area contributed by atoms with Crippen molar-refractivity contribution in [3.8, 4) is 0 Å². The molecular formula is C15H23N3O2. The molecule has 0 bridgehead atoms. The molecule has 1 aliphatic heterocycles. The van der Waals surface area contributed by atoms with Gasteiger partial charge in [-0.1, -0.05) is 6.07 Å². The number of nitrogens with zero attached hydrogens (tertiary/aromatic N) is 1. The van der Waals surface area contributed by atoms with Crippen LogP contribution in [0, 0.1) is 5.92 Å². The van der Waals surface area contributed by atoms with E-state index >= 15 is 0 Å². The predicted molar refractivity (Wildman–Crippen MR) is 77.3 cm³/mol. The van der Waals surface area contributed by atoms with Gasteiger partial charge in [-0.15, -0.1) is 0 Å². The van der Waals surface area contributed by atoms with Crippen LogP contribution in [0.2, 0.25) is 0 Å². The molecule has 1 aromatic heterocycles. The maximum absolute atomic E-state index is 12.0. The van der Waals surface area contributed by atoms with Gasteiger partial charge < -0.3 is 15.4 Å². The second-order valence-electron chi connectivity index (χ2n) is 5.33. The Hall–Kier alpha value is -1.62. The molecule has 0 unspecified atom stereocenters. The third-order valence-corrected chi connectivity index (χ3v) is 3.81. The summed E-state index contributed by atoms with van der Waals surface area (Å²) in [5, 5.41) is 5.94. The number of hydrogen-bond acceptors (Lipinski definition) is 3. The summed E-state index contributed by atoms with van der Waals surface area (Å²) in [7, 11) is 0. The van der Waals surface area contributed by atoms with Crippen LogP contribution in [0.5, 0.6) is 0 Å². The highest BCUT2D eigenvalue weighted by molar-refractivity contribution is 5.74. The number of nitrogens with one attached hydrogen (secondary N) is 2. The fourth-order valence-electron chi connectivity index (χ4n) is 2.48. The van der Waals surface area contributed by atoms with Gasteiger partial charge in [0, 0.05) is 25.5 Å². The fourth-order valence-corrected chi connectivity index (χ4v) is 2.48. The van der Waals surface area contributed by atoms with Crippen molar-refractivity contribution in [3.63, 3.8) is 0 Å². The van der Waals surface area contributed by atoms with Crippen molar-refractivity contribution in [2.45, 2.75) is 38.8 Å². The molecule has 1 aliphatic rings.